The Hall–Kier alpha value is -3.40. The van der Waals surface area contributed by atoms with Crippen molar-refractivity contribution in [1.82, 2.24) is 4.98 Å². The fourth-order valence-electron chi connectivity index (χ4n) is 2.46. The maximum absolute atomic E-state index is 12.1. The van der Waals surface area contributed by atoms with Gasteiger partial charge in [0.25, 0.3) is 0 Å². The predicted octanol–water partition coefficient (Wildman–Crippen LogP) is 4.62. The second kappa shape index (κ2) is 8.62. The Labute approximate surface area is 153 Å². The number of anilines is 1. The summed E-state index contributed by atoms with van der Waals surface area (Å²) >= 11 is 0. The molecule has 3 aromatic rings. The van der Waals surface area contributed by atoms with Gasteiger partial charge in [0.1, 0.15) is 12.4 Å². The highest BCUT2D eigenvalue weighted by Crippen LogP contribution is 2.19. The number of rotatable bonds is 6. The van der Waals surface area contributed by atoms with E-state index in [-0.39, 0.29) is 5.91 Å². The Balaban J connectivity index is 1.58. The molecule has 26 heavy (non-hydrogen) atoms. The summed E-state index contributed by atoms with van der Waals surface area (Å²) in [5.74, 6) is 0.514. The number of benzene rings is 2. The van der Waals surface area contributed by atoms with Gasteiger partial charge in [0.05, 0.1) is 0 Å². The molecule has 1 amide bonds. The molecule has 3 rings (SSSR count). The molecule has 1 N–H and O–H groups in total. The molecule has 0 unspecified atom stereocenters. The molecule has 0 aliphatic heterocycles. The topological polar surface area (TPSA) is 51.2 Å². The molecule has 0 saturated carbocycles. The largest absolute Gasteiger partial charge is 0.489 e. The van der Waals surface area contributed by atoms with Gasteiger partial charge in [-0.05, 0) is 48.4 Å². The van der Waals surface area contributed by atoms with Crippen molar-refractivity contribution in [2.75, 3.05) is 5.32 Å². The van der Waals surface area contributed by atoms with Gasteiger partial charge in [-0.15, -0.1) is 0 Å². The van der Waals surface area contributed by atoms with E-state index in [0.717, 1.165) is 11.1 Å². The lowest BCUT2D eigenvalue weighted by Crippen LogP contribution is -2.07. The van der Waals surface area contributed by atoms with Crippen molar-refractivity contribution in [2.45, 2.75) is 13.5 Å². The Morgan fingerprint density at radius 3 is 2.69 bits per heavy atom. The van der Waals surface area contributed by atoms with Gasteiger partial charge in [-0.3, -0.25) is 9.78 Å². The van der Waals surface area contributed by atoms with Gasteiger partial charge < -0.3 is 10.1 Å². The van der Waals surface area contributed by atoms with Gasteiger partial charge in [0, 0.05) is 30.2 Å². The Kier molecular flexibility index (Phi) is 5.78. The normalized spacial score (nSPS) is 10.7. The number of hydrogen-bond acceptors (Lipinski definition) is 3. The molecular formula is C22H20N2O2. The Morgan fingerprint density at radius 1 is 1.08 bits per heavy atom. The van der Waals surface area contributed by atoms with E-state index in [9.17, 15) is 4.79 Å². The summed E-state index contributed by atoms with van der Waals surface area (Å²) in [4.78, 5) is 16.0. The molecule has 2 aromatic carbocycles. The molecule has 1 aromatic heterocycles. The molecule has 4 nitrogen and oxygen atoms in total. The van der Waals surface area contributed by atoms with E-state index >= 15 is 0 Å². The lowest BCUT2D eigenvalue weighted by atomic mass is 10.1. The van der Waals surface area contributed by atoms with Crippen LogP contribution in [0.15, 0.2) is 79.1 Å². The van der Waals surface area contributed by atoms with Crippen molar-refractivity contribution in [3.05, 3.63) is 95.8 Å². The molecule has 4 heteroatoms. The summed E-state index contributed by atoms with van der Waals surface area (Å²) in [5, 5.41) is 2.84. The molecule has 0 spiro atoms. The summed E-state index contributed by atoms with van der Waals surface area (Å²) in [5.41, 5.74) is 3.93. The van der Waals surface area contributed by atoms with E-state index in [1.54, 1.807) is 18.5 Å². The van der Waals surface area contributed by atoms with Crippen molar-refractivity contribution < 1.29 is 9.53 Å². The monoisotopic (exact) mass is 344 g/mol. The number of aryl methyl sites for hydroxylation is 1. The zero-order chi connectivity index (χ0) is 18.2. The Bertz CT molecular complexity index is 905. The molecule has 0 saturated heterocycles. The molecule has 0 radical (unpaired) electrons. The maximum Gasteiger partial charge on any atom is 0.248 e. The van der Waals surface area contributed by atoms with E-state index in [0.29, 0.717) is 18.0 Å². The fourth-order valence-corrected chi connectivity index (χ4v) is 2.46. The van der Waals surface area contributed by atoms with Crippen LogP contribution in [0.5, 0.6) is 5.75 Å². The summed E-state index contributed by atoms with van der Waals surface area (Å²) in [7, 11) is 0. The van der Waals surface area contributed by atoms with Crippen LogP contribution in [0.3, 0.4) is 0 Å². The van der Waals surface area contributed by atoms with E-state index < -0.39 is 0 Å². The second-order valence-corrected chi connectivity index (χ2v) is 5.91. The van der Waals surface area contributed by atoms with Crippen LogP contribution in [-0.2, 0) is 11.4 Å². The third-order valence-electron chi connectivity index (χ3n) is 3.72. The minimum absolute atomic E-state index is 0.197. The highest BCUT2D eigenvalue weighted by molar-refractivity contribution is 6.02. The first-order valence-electron chi connectivity index (χ1n) is 8.36. The van der Waals surface area contributed by atoms with Crippen molar-refractivity contribution in [3.63, 3.8) is 0 Å². The third-order valence-corrected chi connectivity index (χ3v) is 3.72. The van der Waals surface area contributed by atoms with Crippen molar-refractivity contribution >= 4 is 17.7 Å². The SMILES string of the molecule is Cc1cccc(COc2cccc(NC(=O)/C=C/c3ccncc3)c2)c1. The molecule has 130 valence electrons. The van der Waals surface area contributed by atoms with Gasteiger partial charge in [-0.1, -0.05) is 35.9 Å². The van der Waals surface area contributed by atoms with Crippen LogP contribution in [0.4, 0.5) is 5.69 Å². The molecule has 1 heterocycles. The predicted molar refractivity (Wildman–Crippen MR) is 104 cm³/mol. The number of carbonyl (C=O) groups is 1. The number of hydrogen-bond donors (Lipinski definition) is 1. The second-order valence-electron chi connectivity index (χ2n) is 5.91. The number of nitrogens with one attached hydrogen (secondary N) is 1. The van der Waals surface area contributed by atoms with Gasteiger partial charge in [-0.25, -0.2) is 0 Å². The van der Waals surface area contributed by atoms with E-state index in [2.05, 4.69) is 29.4 Å². The van der Waals surface area contributed by atoms with Crippen molar-refractivity contribution in [1.29, 1.82) is 0 Å². The first kappa shape index (κ1) is 17.4. The molecule has 0 aliphatic carbocycles. The van der Waals surface area contributed by atoms with Gasteiger partial charge >= 0.3 is 0 Å². The minimum atomic E-state index is -0.197. The van der Waals surface area contributed by atoms with Crippen LogP contribution in [-0.4, -0.2) is 10.9 Å². The van der Waals surface area contributed by atoms with Crippen LogP contribution >= 0.6 is 0 Å². The third kappa shape index (κ3) is 5.31. The smallest absolute Gasteiger partial charge is 0.248 e. The summed E-state index contributed by atoms with van der Waals surface area (Å²) in [6.45, 7) is 2.54. The fraction of sp³-hybridized carbons (Fsp3) is 0.0909. The Morgan fingerprint density at radius 2 is 1.88 bits per heavy atom. The van der Waals surface area contributed by atoms with E-state index in [4.69, 9.17) is 4.74 Å². The van der Waals surface area contributed by atoms with Gasteiger partial charge in [-0.2, -0.15) is 0 Å². The van der Waals surface area contributed by atoms with Crippen LogP contribution < -0.4 is 10.1 Å². The summed E-state index contributed by atoms with van der Waals surface area (Å²) < 4.78 is 5.82. The zero-order valence-electron chi connectivity index (χ0n) is 14.6. The average molecular weight is 344 g/mol. The highest BCUT2D eigenvalue weighted by Gasteiger charge is 2.01. The van der Waals surface area contributed by atoms with Crippen LogP contribution in [0.1, 0.15) is 16.7 Å². The van der Waals surface area contributed by atoms with E-state index in [1.807, 2.05) is 48.5 Å². The number of aromatic nitrogens is 1. The maximum atomic E-state index is 12.1. The van der Waals surface area contributed by atoms with Crippen molar-refractivity contribution in [2.24, 2.45) is 0 Å². The molecule has 0 atom stereocenters. The quantitative estimate of drug-likeness (QED) is 0.664. The number of carbonyl (C=O) groups excluding carboxylic acids is 1. The lowest BCUT2D eigenvalue weighted by molar-refractivity contribution is -0.111. The number of nitrogens with zero attached hydrogens (tertiary/aromatic N) is 1. The average Bonchev–Trinajstić information content (AvgIpc) is 2.66. The first-order valence-corrected chi connectivity index (χ1v) is 8.36. The number of pyridine rings is 1. The zero-order valence-corrected chi connectivity index (χ0v) is 14.6. The van der Waals surface area contributed by atoms with Crippen LogP contribution in [0, 0.1) is 6.92 Å². The highest BCUT2D eigenvalue weighted by atomic mass is 16.5. The van der Waals surface area contributed by atoms with E-state index in [1.165, 1.54) is 11.6 Å². The molecule has 0 aliphatic rings. The standard InChI is InChI=1S/C22H20N2O2/c1-17-4-2-5-19(14-17)16-26-21-7-3-6-20(15-21)24-22(25)9-8-18-10-12-23-13-11-18/h2-15H,16H2,1H3,(H,24,25)/b9-8+. The summed E-state index contributed by atoms with van der Waals surface area (Å²) in [6.07, 6.45) is 6.62. The summed E-state index contributed by atoms with van der Waals surface area (Å²) in [6, 6.07) is 19.2. The van der Waals surface area contributed by atoms with Gasteiger partial charge in [0.15, 0.2) is 0 Å². The molecule has 0 fully saturated rings. The lowest BCUT2D eigenvalue weighted by Gasteiger charge is -2.09. The number of amides is 1. The molecular weight excluding hydrogens is 324 g/mol. The van der Waals surface area contributed by atoms with Crippen molar-refractivity contribution in [3.8, 4) is 5.75 Å². The minimum Gasteiger partial charge on any atom is -0.489 e. The van der Waals surface area contributed by atoms with Crippen LogP contribution in [0.2, 0.25) is 0 Å². The number of ether oxygens (including phenoxy) is 1. The van der Waals surface area contributed by atoms with Gasteiger partial charge in [0.2, 0.25) is 5.91 Å². The van der Waals surface area contributed by atoms with Crippen LogP contribution in [0.25, 0.3) is 6.08 Å². The first-order chi connectivity index (χ1) is 12.7. The molecule has 0 bridgehead atoms.